The number of ether oxygens (including phenoxy) is 1. The first-order valence-electron chi connectivity index (χ1n) is 7.26. The molecule has 0 aromatic heterocycles. The minimum Gasteiger partial charge on any atom is -0.377 e. The Bertz CT molecular complexity index is 664. The molecule has 0 aliphatic carbocycles. The normalized spacial score (nSPS) is 27.7. The summed E-state index contributed by atoms with van der Waals surface area (Å²) < 4.78 is 38.9. The summed E-state index contributed by atoms with van der Waals surface area (Å²) in [6.45, 7) is 11.6. The van der Waals surface area contributed by atoms with Crippen molar-refractivity contribution >= 4 is 18.3 Å². The zero-order valence-electron chi connectivity index (χ0n) is 14.3. The maximum absolute atomic E-state index is 13.0. The summed E-state index contributed by atoms with van der Waals surface area (Å²) in [6, 6.07) is 6.82. The molecule has 0 saturated carbocycles. The van der Waals surface area contributed by atoms with Gasteiger partial charge in [0.05, 0.1) is 4.90 Å². The fraction of sp³-hybridized carbons (Fsp3) is 0.600. The van der Waals surface area contributed by atoms with Gasteiger partial charge >= 0.3 is 0 Å². The summed E-state index contributed by atoms with van der Waals surface area (Å²) in [6.07, 6.45) is 0. The van der Waals surface area contributed by atoms with Crippen molar-refractivity contribution in [3.8, 4) is 0 Å². The Balaban J connectivity index is 2.45. The Hall–Kier alpha value is -0.733. The van der Waals surface area contributed by atoms with Crippen LogP contribution in [0.3, 0.4) is 0 Å². The molecule has 7 heteroatoms. The second-order valence-electron chi connectivity index (χ2n) is 7.14. The summed E-state index contributed by atoms with van der Waals surface area (Å²) in [4.78, 5) is 0.254. The molecule has 2 unspecified atom stereocenters. The number of hydrogen-bond acceptors (Lipinski definition) is 4. The molecule has 2 atom stereocenters. The fourth-order valence-corrected chi connectivity index (χ4v) is 6.06. The smallest absolute Gasteiger partial charge is 0.254 e. The average Bonchev–Trinajstić information content (AvgIpc) is 2.84. The maximum Gasteiger partial charge on any atom is 0.254 e. The van der Waals surface area contributed by atoms with Crippen LogP contribution in [0.1, 0.15) is 19.4 Å². The van der Waals surface area contributed by atoms with E-state index in [4.69, 9.17) is 9.16 Å². The number of sulfonamides is 1. The molecule has 0 N–H and O–H groups in total. The van der Waals surface area contributed by atoms with Crippen molar-refractivity contribution < 1.29 is 17.6 Å². The first kappa shape index (κ1) is 17.6. The lowest BCUT2D eigenvalue weighted by molar-refractivity contribution is -0.120. The van der Waals surface area contributed by atoms with E-state index >= 15 is 0 Å². The third-order valence-electron chi connectivity index (χ3n) is 3.78. The van der Waals surface area contributed by atoms with Crippen molar-refractivity contribution in [3.05, 3.63) is 29.8 Å². The Morgan fingerprint density at radius 1 is 1.09 bits per heavy atom. The van der Waals surface area contributed by atoms with Gasteiger partial charge in [-0.1, -0.05) is 17.7 Å². The number of rotatable bonds is 5. The third kappa shape index (κ3) is 2.65. The van der Waals surface area contributed by atoms with E-state index < -0.39 is 29.8 Å². The molecular weight excluding hydrogens is 318 g/mol. The average molecular weight is 344 g/mol. The highest BCUT2D eigenvalue weighted by Crippen LogP contribution is 2.57. The molecule has 22 heavy (non-hydrogen) atoms. The van der Waals surface area contributed by atoms with Gasteiger partial charge in [-0.3, -0.25) is 0 Å². The lowest BCUT2D eigenvalue weighted by Gasteiger charge is -2.26. The topological polar surface area (TPSA) is 55.6 Å². The summed E-state index contributed by atoms with van der Waals surface area (Å²) >= 11 is 0. The molecule has 0 bridgehead atoms. The van der Waals surface area contributed by atoms with Gasteiger partial charge in [-0.25, -0.2) is 8.42 Å². The molecule has 1 aliphatic rings. The van der Waals surface area contributed by atoms with E-state index in [0.717, 1.165) is 5.56 Å². The second kappa shape index (κ2) is 5.14. The van der Waals surface area contributed by atoms with Gasteiger partial charge in [-0.05, 0) is 52.5 Å². The van der Waals surface area contributed by atoms with Crippen molar-refractivity contribution in [1.82, 2.24) is 4.31 Å². The second-order valence-corrected chi connectivity index (χ2v) is 13.4. The standard InChI is InChI=1S/C15H25NO4SSi/c1-12-8-10-13(11-9-12)21(17,18)16-14(2,3)15(16,19-4)20-22(5,6)7/h8-11H,1-7H3. The fourth-order valence-electron chi connectivity index (χ4n) is 2.72. The summed E-state index contributed by atoms with van der Waals surface area (Å²) in [5.41, 5.74) is 0.270. The number of benzene rings is 1. The van der Waals surface area contributed by atoms with Gasteiger partial charge in [-0.2, -0.15) is 0 Å². The van der Waals surface area contributed by atoms with Crippen LogP contribution in [0.25, 0.3) is 0 Å². The zero-order chi connectivity index (χ0) is 17.0. The molecule has 0 spiro atoms. The first-order chi connectivity index (χ1) is 9.88. The van der Waals surface area contributed by atoms with Gasteiger partial charge in [0.15, 0.2) is 8.32 Å². The van der Waals surface area contributed by atoms with Crippen LogP contribution in [0, 0.1) is 6.92 Å². The number of hydrogen-bond donors (Lipinski definition) is 0. The van der Waals surface area contributed by atoms with Crippen molar-refractivity contribution in [3.63, 3.8) is 0 Å². The van der Waals surface area contributed by atoms with Crippen molar-refractivity contribution in [2.45, 2.75) is 56.8 Å². The molecule has 1 fully saturated rings. The van der Waals surface area contributed by atoms with E-state index in [1.54, 1.807) is 24.3 Å². The molecule has 1 aliphatic heterocycles. The largest absolute Gasteiger partial charge is 0.377 e. The van der Waals surface area contributed by atoms with Gasteiger partial charge in [0.25, 0.3) is 5.91 Å². The Morgan fingerprint density at radius 3 is 2.00 bits per heavy atom. The highest BCUT2D eigenvalue weighted by molar-refractivity contribution is 7.89. The maximum atomic E-state index is 13.0. The first-order valence-corrected chi connectivity index (χ1v) is 12.1. The predicted molar refractivity (Wildman–Crippen MR) is 88.5 cm³/mol. The van der Waals surface area contributed by atoms with E-state index in [9.17, 15) is 8.42 Å². The number of aryl methyl sites for hydroxylation is 1. The van der Waals surface area contributed by atoms with Crippen LogP contribution < -0.4 is 0 Å². The van der Waals surface area contributed by atoms with Crippen molar-refractivity contribution in [2.24, 2.45) is 0 Å². The molecule has 1 aromatic carbocycles. The van der Waals surface area contributed by atoms with Crippen LogP contribution >= 0.6 is 0 Å². The molecule has 5 nitrogen and oxygen atoms in total. The van der Waals surface area contributed by atoms with Crippen LogP contribution in [-0.4, -0.2) is 39.6 Å². The highest BCUT2D eigenvalue weighted by atomic mass is 32.2. The van der Waals surface area contributed by atoms with Gasteiger partial charge in [-0.15, -0.1) is 4.31 Å². The van der Waals surface area contributed by atoms with E-state index in [1.807, 2.05) is 40.4 Å². The van der Waals surface area contributed by atoms with Crippen LogP contribution in [0.4, 0.5) is 0 Å². The quantitative estimate of drug-likeness (QED) is 0.469. The van der Waals surface area contributed by atoms with Gasteiger partial charge in [0, 0.05) is 7.11 Å². The molecule has 1 saturated heterocycles. The molecule has 1 heterocycles. The van der Waals surface area contributed by atoms with Gasteiger partial charge in [0.2, 0.25) is 10.0 Å². The monoisotopic (exact) mass is 343 g/mol. The Labute approximate surface area is 134 Å². The summed E-state index contributed by atoms with van der Waals surface area (Å²) in [5.74, 6) is -1.22. The minimum absolute atomic E-state index is 0.254. The minimum atomic E-state index is -3.68. The molecule has 124 valence electrons. The lowest BCUT2D eigenvalue weighted by atomic mass is 10.2. The predicted octanol–water partition coefficient (Wildman–Crippen LogP) is 2.93. The van der Waals surface area contributed by atoms with E-state index in [2.05, 4.69) is 0 Å². The molecule has 0 radical (unpaired) electrons. The van der Waals surface area contributed by atoms with Crippen LogP contribution in [0.5, 0.6) is 0 Å². The Morgan fingerprint density at radius 2 is 1.59 bits per heavy atom. The van der Waals surface area contributed by atoms with E-state index in [1.165, 1.54) is 11.4 Å². The summed E-state index contributed by atoms with van der Waals surface area (Å²) in [7, 11) is -4.19. The zero-order valence-corrected chi connectivity index (χ0v) is 16.1. The highest BCUT2D eigenvalue weighted by Gasteiger charge is 2.78. The van der Waals surface area contributed by atoms with Gasteiger partial charge < -0.3 is 9.16 Å². The molecule has 1 aromatic rings. The number of methoxy groups -OCH3 is 1. The van der Waals surface area contributed by atoms with Crippen molar-refractivity contribution in [1.29, 1.82) is 0 Å². The Kier molecular flexibility index (Phi) is 4.11. The SMILES string of the molecule is COC1(O[Si](C)(C)C)N(S(=O)(=O)c2ccc(C)cc2)C1(C)C. The van der Waals surface area contributed by atoms with Crippen molar-refractivity contribution in [2.75, 3.05) is 7.11 Å². The lowest BCUT2D eigenvalue weighted by Crippen LogP contribution is -2.40. The third-order valence-corrected chi connectivity index (χ3v) is 6.71. The molecule has 0 amide bonds. The number of nitrogens with zero attached hydrogens (tertiary/aromatic N) is 1. The molecule has 2 rings (SSSR count). The van der Waals surface area contributed by atoms with Crippen LogP contribution in [0.15, 0.2) is 29.2 Å². The van der Waals surface area contributed by atoms with E-state index in [0.29, 0.717) is 0 Å². The van der Waals surface area contributed by atoms with E-state index in [-0.39, 0.29) is 4.90 Å². The van der Waals surface area contributed by atoms with Crippen LogP contribution in [-0.2, 0) is 19.2 Å². The van der Waals surface area contributed by atoms with Crippen LogP contribution in [0.2, 0.25) is 19.6 Å². The molecular formula is C15H25NO4SSi. The summed E-state index contributed by atoms with van der Waals surface area (Å²) in [5, 5.41) is 0. The van der Waals surface area contributed by atoms with Gasteiger partial charge in [0.1, 0.15) is 5.54 Å².